The SMILES string of the molecule is Cn1n[n+](Cc2ccccc2)[c-]c1C1=NN(Cc2ccccc2)NC1.[Ir].[c-]1ccccc1N1C=CN(CCCCN2C=CN(c3[c-]cccc3)[CH-]2)[CH-]1. The summed E-state index contributed by atoms with van der Waals surface area (Å²) in [6, 6.07) is 43.1. The van der Waals surface area contributed by atoms with Gasteiger partial charge in [-0.15, -0.1) is 11.4 Å². The number of aryl methyl sites for hydroxylation is 1. The Kier molecular flexibility index (Phi) is 12.9. The Morgan fingerprint density at radius 3 is 1.83 bits per heavy atom. The van der Waals surface area contributed by atoms with Gasteiger partial charge in [-0.25, -0.2) is 15.2 Å². The van der Waals surface area contributed by atoms with Gasteiger partial charge in [0.15, 0.2) is 0 Å². The van der Waals surface area contributed by atoms with E-state index in [2.05, 4.69) is 128 Å². The van der Waals surface area contributed by atoms with Gasteiger partial charge in [0.05, 0.1) is 18.8 Å². The van der Waals surface area contributed by atoms with E-state index in [-0.39, 0.29) is 20.1 Å². The first-order valence-corrected chi connectivity index (χ1v) is 17.3. The van der Waals surface area contributed by atoms with Crippen molar-refractivity contribution in [3.63, 3.8) is 0 Å². The number of nitrogens with one attached hydrogen (secondary N) is 1. The molecular formula is C41H42IrN10-4. The third-order valence-electron chi connectivity index (χ3n) is 8.50. The Hall–Kier alpha value is -5.22. The van der Waals surface area contributed by atoms with Gasteiger partial charge >= 0.3 is 0 Å². The van der Waals surface area contributed by atoms with E-state index >= 15 is 0 Å². The maximum atomic E-state index is 4.67. The molecule has 1 aromatic heterocycles. The first-order chi connectivity index (χ1) is 25.2. The fraction of sp³-hybridized carbons (Fsp3) is 0.195. The maximum absolute atomic E-state index is 4.67. The average molecular weight is 867 g/mol. The minimum Gasteiger partial charge on any atom is -0.508 e. The predicted octanol–water partition coefficient (Wildman–Crippen LogP) is 5.47. The molecule has 52 heavy (non-hydrogen) atoms. The van der Waals surface area contributed by atoms with Crippen molar-refractivity contribution in [3.8, 4) is 0 Å². The Morgan fingerprint density at radius 1 is 0.712 bits per heavy atom. The standard InChI is InChI=1S/C22H22N4.C19H20N6.Ir/c1-3-9-21(10-4-1)25-17-15-23(19-25)13-7-8-14-24-16-18-26(20-24)22-11-5-2-6-12-22;1-23-19(15-24(22-23)13-16-8-4-2-5-9-16)18-12-20-25(21-18)14-17-10-6-3-7-11-17;/h1-6,9,11,15-20H,7-8,13-14H2;2-11,20H,12-14H2,1H3;/q-4;;. The van der Waals surface area contributed by atoms with Crippen LogP contribution in [0.4, 0.5) is 11.4 Å². The second kappa shape index (κ2) is 18.3. The van der Waals surface area contributed by atoms with Gasteiger partial charge in [0, 0.05) is 32.0 Å². The Bertz CT molecular complexity index is 1830. The van der Waals surface area contributed by atoms with Crippen LogP contribution in [0.3, 0.4) is 0 Å². The molecule has 0 unspecified atom stereocenters. The van der Waals surface area contributed by atoms with Crippen LogP contribution in [0.1, 0.15) is 29.7 Å². The molecule has 0 saturated carbocycles. The zero-order valence-corrected chi connectivity index (χ0v) is 31.6. The number of hydrogen-bond acceptors (Lipinski definition) is 8. The molecule has 0 fully saturated rings. The van der Waals surface area contributed by atoms with E-state index in [0.717, 1.165) is 55.3 Å². The third kappa shape index (κ3) is 9.97. The number of hydrazine groups is 1. The summed E-state index contributed by atoms with van der Waals surface area (Å²) in [4.78, 5) is 8.67. The molecule has 4 aromatic carbocycles. The van der Waals surface area contributed by atoms with Crippen molar-refractivity contribution in [2.45, 2.75) is 25.9 Å². The quantitative estimate of drug-likeness (QED) is 0.102. The van der Waals surface area contributed by atoms with Crippen LogP contribution in [0.15, 0.2) is 139 Å². The van der Waals surface area contributed by atoms with Gasteiger partial charge in [-0.1, -0.05) is 60.7 Å². The van der Waals surface area contributed by atoms with Gasteiger partial charge in [-0.3, -0.25) is 5.10 Å². The molecule has 8 rings (SSSR count). The minimum atomic E-state index is 0. The molecule has 0 bridgehead atoms. The number of unbranched alkanes of at least 4 members (excludes halogenated alkanes) is 1. The summed E-state index contributed by atoms with van der Waals surface area (Å²) < 4.78 is 3.66. The van der Waals surface area contributed by atoms with Gasteiger partial charge in [-0.05, 0) is 74.1 Å². The van der Waals surface area contributed by atoms with Crippen molar-refractivity contribution >= 4 is 17.1 Å². The second-order valence-corrected chi connectivity index (χ2v) is 12.4. The number of para-hydroxylation sites is 2. The van der Waals surface area contributed by atoms with Crippen LogP contribution in [-0.4, -0.2) is 50.2 Å². The monoisotopic (exact) mass is 867 g/mol. The van der Waals surface area contributed by atoms with Crippen molar-refractivity contribution in [2.75, 3.05) is 29.4 Å². The second-order valence-electron chi connectivity index (χ2n) is 12.4. The van der Waals surface area contributed by atoms with E-state index in [1.165, 1.54) is 11.1 Å². The Labute approximate surface area is 320 Å². The molecule has 11 heteroatoms. The molecule has 0 spiro atoms. The van der Waals surface area contributed by atoms with Crippen LogP contribution in [0.25, 0.3) is 0 Å². The molecule has 0 amide bonds. The number of nitrogens with zero attached hydrogens (tertiary/aromatic N) is 9. The van der Waals surface area contributed by atoms with Crippen LogP contribution in [-0.2, 0) is 40.2 Å². The largest absolute Gasteiger partial charge is 0.508 e. The molecule has 269 valence electrons. The van der Waals surface area contributed by atoms with Crippen molar-refractivity contribution in [3.05, 3.63) is 182 Å². The zero-order chi connectivity index (χ0) is 34.7. The number of aromatic nitrogens is 3. The van der Waals surface area contributed by atoms with Gasteiger partial charge in [0.2, 0.25) is 0 Å². The number of benzene rings is 4. The third-order valence-corrected chi connectivity index (χ3v) is 8.50. The van der Waals surface area contributed by atoms with E-state index in [9.17, 15) is 0 Å². The first-order valence-electron chi connectivity index (χ1n) is 17.3. The smallest absolute Gasteiger partial charge is 0.118 e. The van der Waals surface area contributed by atoms with Crippen LogP contribution < -0.4 is 19.9 Å². The summed E-state index contributed by atoms with van der Waals surface area (Å²) in [7, 11) is 1.93. The molecule has 10 nitrogen and oxygen atoms in total. The summed E-state index contributed by atoms with van der Waals surface area (Å²) in [5.74, 6) is 0. The average Bonchev–Trinajstić information content (AvgIpc) is 4.01. The molecule has 1 radical (unpaired) electrons. The van der Waals surface area contributed by atoms with Crippen LogP contribution in [0, 0.1) is 31.7 Å². The van der Waals surface area contributed by atoms with Crippen molar-refractivity contribution in [1.29, 1.82) is 0 Å². The van der Waals surface area contributed by atoms with Gasteiger partial charge in [0.25, 0.3) is 0 Å². The molecule has 0 atom stereocenters. The van der Waals surface area contributed by atoms with E-state index in [4.69, 9.17) is 0 Å². The minimum absolute atomic E-state index is 0. The number of hydrazone groups is 1. The summed E-state index contributed by atoms with van der Waals surface area (Å²) in [5.41, 5.74) is 9.70. The van der Waals surface area contributed by atoms with Gasteiger partial charge in [0.1, 0.15) is 6.54 Å². The molecule has 1 N–H and O–H groups in total. The topological polar surface area (TPSA) is 62.3 Å². The van der Waals surface area contributed by atoms with E-state index in [0.29, 0.717) is 13.1 Å². The number of hydrogen-bond donors (Lipinski definition) is 1. The molecule has 3 aliphatic rings. The number of anilines is 2. The molecule has 4 heterocycles. The fourth-order valence-electron chi connectivity index (χ4n) is 5.88. The van der Waals surface area contributed by atoms with Crippen molar-refractivity contribution < 1.29 is 24.8 Å². The fourth-order valence-corrected chi connectivity index (χ4v) is 5.88. The predicted molar refractivity (Wildman–Crippen MR) is 199 cm³/mol. The summed E-state index contributed by atoms with van der Waals surface area (Å²) in [6.45, 7) is 8.39. The van der Waals surface area contributed by atoms with Crippen molar-refractivity contribution in [1.82, 2.24) is 30.2 Å². The van der Waals surface area contributed by atoms with Crippen LogP contribution >= 0.6 is 0 Å². The van der Waals surface area contributed by atoms with Crippen LogP contribution in [0.5, 0.6) is 0 Å². The molecule has 5 aromatic rings. The van der Waals surface area contributed by atoms with E-state index in [1.807, 2.05) is 94.3 Å². The van der Waals surface area contributed by atoms with Gasteiger partial charge in [-0.2, -0.15) is 78.7 Å². The Morgan fingerprint density at radius 2 is 1.27 bits per heavy atom. The summed E-state index contributed by atoms with van der Waals surface area (Å²) in [6.07, 6.45) is 14.0. The summed E-state index contributed by atoms with van der Waals surface area (Å²) in [5, 5.41) is 11.0. The maximum Gasteiger partial charge on any atom is 0.118 e. The van der Waals surface area contributed by atoms with Gasteiger partial charge < -0.3 is 19.6 Å². The summed E-state index contributed by atoms with van der Waals surface area (Å²) >= 11 is 0. The van der Waals surface area contributed by atoms with Crippen molar-refractivity contribution in [2.24, 2.45) is 12.1 Å². The molecule has 0 aliphatic carbocycles. The Balaban J connectivity index is 0.000000175. The molecular weight excluding hydrogens is 825 g/mol. The first kappa shape index (κ1) is 36.6. The molecule has 3 aliphatic heterocycles. The van der Waals surface area contributed by atoms with Crippen LogP contribution in [0.2, 0.25) is 0 Å². The molecule has 0 saturated heterocycles. The van der Waals surface area contributed by atoms with E-state index in [1.54, 1.807) is 0 Å². The normalized spacial score (nSPS) is 14.8. The van der Waals surface area contributed by atoms with E-state index < -0.39 is 0 Å². The zero-order valence-electron chi connectivity index (χ0n) is 29.2. The number of rotatable bonds is 12.